The first-order chi connectivity index (χ1) is 8.96. The zero-order chi connectivity index (χ0) is 14.0. The van der Waals surface area contributed by atoms with Crippen molar-refractivity contribution >= 4 is 23.1 Å². The smallest absolute Gasteiger partial charge is 0.262 e. The fourth-order valence-electron chi connectivity index (χ4n) is 2.00. The molecule has 102 valence electrons. The van der Waals surface area contributed by atoms with Gasteiger partial charge in [-0.1, -0.05) is 37.3 Å². The van der Waals surface area contributed by atoms with E-state index in [9.17, 15) is 4.79 Å². The van der Waals surface area contributed by atoms with E-state index in [-0.39, 0.29) is 5.91 Å². The number of hydrogen-bond acceptors (Lipinski definition) is 3. The maximum atomic E-state index is 12.2. The van der Waals surface area contributed by atoms with Crippen LogP contribution in [0.3, 0.4) is 0 Å². The van der Waals surface area contributed by atoms with Crippen molar-refractivity contribution in [2.45, 2.75) is 38.3 Å². The number of amides is 1. The number of nitrogens with one attached hydrogen (secondary N) is 1. The van der Waals surface area contributed by atoms with Crippen molar-refractivity contribution in [2.75, 3.05) is 0 Å². The van der Waals surface area contributed by atoms with E-state index in [1.165, 1.54) is 0 Å². The van der Waals surface area contributed by atoms with Gasteiger partial charge < -0.3 is 15.8 Å². The summed E-state index contributed by atoms with van der Waals surface area (Å²) in [5, 5.41) is 2.89. The molecule has 4 nitrogen and oxygen atoms in total. The Bertz CT molecular complexity index is 493. The molecule has 0 saturated carbocycles. The molecule has 5 heteroatoms. The third-order valence-electron chi connectivity index (χ3n) is 3.59. The zero-order valence-corrected chi connectivity index (χ0v) is 11.9. The lowest BCUT2D eigenvalue weighted by Crippen LogP contribution is -2.57. The van der Waals surface area contributed by atoms with Crippen LogP contribution in [0, 0.1) is 0 Å². The molecule has 3 N–H and O–H groups in total. The van der Waals surface area contributed by atoms with Crippen LogP contribution in [-0.2, 0) is 11.2 Å². The molecule has 1 aromatic carbocycles. The van der Waals surface area contributed by atoms with Gasteiger partial charge in [0.15, 0.2) is 6.10 Å². The molecule has 1 aliphatic heterocycles. The molecule has 2 rings (SSSR count). The molecular formula is C14H18N2O2S. The molecular weight excluding hydrogens is 260 g/mol. The minimum Gasteiger partial charge on any atom is -0.480 e. The highest BCUT2D eigenvalue weighted by Gasteiger charge is 2.34. The van der Waals surface area contributed by atoms with Crippen LogP contribution in [0.4, 0.5) is 0 Å². The van der Waals surface area contributed by atoms with Gasteiger partial charge in [0.2, 0.25) is 0 Å². The second-order valence-corrected chi connectivity index (χ2v) is 5.40. The Morgan fingerprint density at radius 2 is 2.26 bits per heavy atom. The lowest BCUT2D eigenvalue weighted by molar-refractivity contribution is -0.128. The van der Waals surface area contributed by atoms with E-state index >= 15 is 0 Å². The largest absolute Gasteiger partial charge is 0.480 e. The van der Waals surface area contributed by atoms with Crippen LogP contribution in [0.1, 0.15) is 25.8 Å². The minimum atomic E-state index is -0.662. The molecule has 1 heterocycles. The fraction of sp³-hybridized carbons (Fsp3) is 0.429. The third-order valence-corrected chi connectivity index (χ3v) is 4.04. The third kappa shape index (κ3) is 2.71. The van der Waals surface area contributed by atoms with Gasteiger partial charge in [0.05, 0.1) is 10.5 Å². The Morgan fingerprint density at radius 1 is 1.58 bits per heavy atom. The molecule has 0 spiro atoms. The topological polar surface area (TPSA) is 64.3 Å². The predicted molar refractivity (Wildman–Crippen MR) is 78.2 cm³/mol. The molecule has 1 aliphatic rings. The van der Waals surface area contributed by atoms with E-state index < -0.39 is 11.6 Å². The molecule has 0 aromatic heterocycles. The van der Waals surface area contributed by atoms with E-state index in [2.05, 4.69) is 5.32 Å². The Morgan fingerprint density at radius 3 is 2.84 bits per heavy atom. The summed E-state index contributed by atoms with van der Waals surface area (Å²) >= 11 is 5.01. The van der Waals surface area contributed by atoms with Crippen LogP contribution >= 0.6 is 12.2 Å². The maximum Gasteiger partial charge on any atom is 0.262 e. The van der Waals surface area contributed by atoms with E-state index in [4.69, 9.17) is 22.7 Å². The first kappa shape index (κ1) is 13.8. The van der Waals surface area contributed by atoms with Crippen molar-refractivity contribution in [3.05, 3.63) is 29.8 Å². The molecule has 2 unspecified atom stereocenters. The van der Waals surface area contributed by atoms with Crippen LogP contribution in [0.2, 0.25) is 0 Å². The molecule has 1 amide bonds. The van der Waals surface area contributed by atoms with Crippen LogP contribution in [0.25, 0.3) is 0 Å². The standard InChI is InChI=1S/C14H18N2O2S/c1-3-14(2,13(15)19)16-12(17)11-8-9-6-4-5-7-10(9)18-11/h4-7,11H,3,8H2,1-2H3,(H2,15,19)(H,16,17). The average Bonchev–Trinajstić information content (AvgIpc) is 2.82. The highest BCUT2D eigenvalue weighted by Crippen LogP contribution is 2.28. The number of hydrogen-bond donors (Lipinski definition) is 2. The molecule has 0 aliphatic carbocycles. The number of thiocarbonyl (C=S) groups is 1. The summed E-state index contributed by atoms with van der Waals surface area (Å²) in [6.45, 7) is 3.76. The van der Waals surface area contributed by atoms with Crippen molar-refractivity contribution in [1.82, 2.24) is 5.32 Å². The number of rotatable bonds is 4. The van der Waals surface area contributed by atoms with Gasteiger partial charge in [0.1, 0.15) is 5.75 Å². The van der Waals surface area contributed by atoms with E-state index in [1.807, 2.05) is 38.1 Å². The lowest BCUT2D eigenvalue weighted by atomic mass is 9.98. The monoisotopic (exact) mass is 278 g/mol. The normalized spacial score (nSPS) is 20.0. The van der Waals surface area contributed by atoms with Gasteiger partial charge in [0.25, 0.3) is 5.91 Å². The molecule has 0 saturated heterocycles. The van der Waals surface area contributed by atoms with Gasteiger partial charge >= 0.3 is 0 Å². The summed E-state index contributed by atoms with van der Waals surface area (Å²) in [5.74, 6) is 0.601. The minimum absolute atomic E-state index is 0.173. The van der Waals surface area contributed by atoms with Crippen molar-refractivity contribution < 1.29 is 9.53 Å². The van der Waals surface area contributed by atoms with Gasteiger partial charge in [-0.25, -0.2) is 0 Å². The lowest BCUT2D eigenvalue weighted by Gasteiger charge is -2.29. The van der Waals surface area contributed by atoms with Crippen LogP contribution in [0.5, 0.6) is 5.75 Å². The van der Waals surface area contributed by atoms with Crippen molar-refractivity contribution in [3.8, 4) is 5.75 Å². The summed E-state index contributed by atoms with van der Waals surface area (Å²) < 4.78 is 5.64. The number of nitrogens with two attached hydrogens (primary N) is 1. The zero-order valence-electron chi connectivity index (χ0n) is 11.1. The Kier molecular flexibility index (Phi) is 3.75. The van der Waals surface area contributed by atoms with Gasteiger partial charge in [-0.05, 0) is 25.0 Å². The highest BCUT2D eigenvalue weighted by molar-refractivity contribution is 7.80. The van der Waals surface area contributed by atoms with Crippen molar-refractivity contribution in [3.63, 3.8) is 0 Å². The Balaban J connectivity index is 2.06. The summed E-state index contributed by atoms with van der Waals surface area (Å²) in [4.78, 5) is 12.5. The molecule has 19 heavy (non-hydrogen) atoms. The summed E-state index contributed by atoms with van der Waals surface area (Å²) in [5.41, 5.74) is 6.08. The van der Waals surface area contributed by atoms with Crippen LogP contribution in [-0.4, -0.2) is 22.5 Å². The SMILES string of the molecule is CCC(C)(NC(=O)C1Cc2ccccc2O1)C(N)=S. The van der Waals surface area contributed by atoms with E-state index in [0.29, 0.717) is 17.8 Å². The van der Waals surface area contributed by atoms with Crippen molar-refractivity contribution in [2.24, 2.45) is 5.73 Å². The van der Waals surface area contributed by atoms with Crippen LogP contribution < -0.4 is 15.8 Å². The van der Waals surface area contributed by atoms with Gasteiger partial charge in [-0.15, -0.1) is 0 Å². The van der Waals surface area contributed by atoms with Gasteiger partial charge in [-0.3, -0.25) is 4.79 Å². The van der Waals surface area contributed by atoms with Crippen LogP contribution in [0.15, 0.2) is 24.3 Å². The average molecular weight is 278 g/mol. The molecule has 0 bridgehead atoms. The second kappa shape index (κ2) is 5.17. The molecule has 2 atom stereocenters. The number of carbonyl (C=O) groups excluding carboxylic acids is 1. The fourth-order valence-corrected chi connectivity index (χ4v) is 2.20. The molecule has 1 aromatic rings. The number of fused-ring (bicyclic) bond motifs is 1. The summed E-state index contributed by atoms with van der Waals surface area (Å²) in [6.07, 6.45) is 0.727. The number of benzene rings is 1. The molecule has 0 fully saturated rings. The Labute approximate surface area is 118 Å². The predicted octanol–water partition coefficient (Wildman–Crippen LogP) is 1.56. The van der Waals surface area contributed by atoms with Gasteiger partial charge in [0, 0.05) is 6.42 Å². The quantitative estimate of drug-likeness (QED) is 0.820. The first-order valence-corrected chi connectivity index (χ1v) is 6.73. The number of carbonyl (C=O) groups is 1. The Hall–Kier alpha value is -1.62. The second-order valence-electron chi connectivity index (χ2n) is 4.96. The molecule has 0 radical (unpaired) electrons. The summed E-state index contributed by atoms with van der Waals surface area (Å²) in [6, 6.07) is 7.67. The van der Waals surface area contributed by atoms with Crippen molar-refractivity contribution in [1.29, 1.82) is 0 Å². The van der Waals surface area contributed by atoms with Gasteiger partial charge in [-0.2, -0.15) is 0 Å². The van der Waals surface area contributed by atoms with E-state index in [1.54, 1.807) is 0 Å². The maximum absolute atomic E-state index is 12.2. The number of ether oxygens (including phenoxy) is 1. The van der Waals surface area contributed by atoms with E-state index in [0.717, 1.165) is 11.3 Å². The highest BCUT2D eigenvalue weighted by atomic mass is 32.1. The number of para-hydroxylation sites is 1. The first-order valence-electron chi connectivity index (χ1n) is 6.33. The summed E-state index contributed by atoms with van der Waals surface area (Å²) in [7, 11) is 0.